The molecule has 0 aliphatic heterocycles. The van der Waals surface area contributed by atoms with Crippen molar-refractivity contribution in [1.82, 2.24) is 5.32 Å². The van der Waals surface area contributed by atoms with Gasteiger partial charge < -0.3 is 15.2 Å². The van der Waals surface area contributed by atoms with Crippen molar-refractivity contribution >= 4 is 15.9 Å². The lowest BCUT2D eigenvalue weighted by Crippen LogP contribution is -2.20. The van der Waals surface area contributed by atoms with Gasteiger partial charge in [-0.05, 0) is 37.6 Å². The maximum atomic E-state index is 9.48. The van der Waals surface area contributed by atoms with Crippen molar-refractivity contribution in [2.24, 2.45) is 0 Å². The van der Waals surface area contributed by atoms with E-state index in [-0.39, 0.29) is 12.7 Å². The van der Waals surface area contributed by atoms with Gasteiger partial charge in [0, 0.05) is 16.6 Å². The van der Waals surface area contributed by atoms with Crippen LogP contribution in [0.25, 0.3) is 0 Å². The molecule has 0 saturated heterocycles. The maximum Gasteiger partial charge on any atom is 0.148 e. The predicted octanol–water partition coefficient (Wildman–Crippen LogP) is 2.71. The Hall–Kier alpha value is -1.02. The summed E-state index contributed by atoms with van der Waals surface area (Å²) < 4.78 is 6.50. The first-order valence-corrected chi connectivity index (χ1v) is 7.20. The van der Waals surface area contributed by atoms with Crippen LogP contribution in [0.2, 0.25) is 0 Å². The minimum atomic E-state index is -0.229. The molecule has 1 aromatic rings. The van der Waals surface area contributed by atoms with Gasteiger partial charge in [0.2, 0.25) is 0 Å². The fourth-order valence-electron chi connectivity index (χ4n) is 1.64. The average Bonchev–Trinajstić information content (AvgIpc) is 2.42. The zero-order valence-electron chi connectivity index (χ0n) is 11.2. The summed E-state index contributed by atoms with van der Waals surface area (Å²) in [6.07, 6.45) is 6.51. The molecule has 2 N–H and O–H groups in total. The van der Waals surface area contributed by atoms with Gasteiger partial charge in [-0.25, -0.2) is 0 Å². The average molecular weight is 326 g/mol. The summed E-state index contributed by atoms with van der Waals surface area (Å²) in [7, 11) is 0. The number of hydrogen-bond donors (Lipinski definition) is 2. The monoisotopic (exact) mass is 325 g/mol. The zero-order valence-corrected chi connectivity index (χ0v) is 12.7. The molecule has 104 valence electrons. The van der Waals surface area contributed by atoms with E-state index < -0.39 is 0 Å². The Bertz CT molecular complexity index is 429. The molecule has 4 heteroatoms. The fraction of sp³-hybridized carbons (Fsp3) is 0.467. The molecule has 1 rings (SSSR count). The SMILES string of the molecule is C#CCOc1ccc(Br)cc1CNCCC(O)CC. The molecule has 0 saturated carbocycles. The van der Waals surface area contributed by atoms with E-state index >= 15 is 0 Å². The van der Waals surface area contributed by atoms with E-state index in [0.717, 1.165) is 35.2 Å². The lowest BCUT2D eigenvalue weighted by atomic mass is 10.2. The highest BCUT2D eigenvalue weighted by molar-refractivity contribution is 9.10. The summed E-state index contributed by atoms with van der Waals surface area (Å²) in [5.41, 5.74) is 1.05. The second-order valence-corrected chi connectivity index (χ2v) is 5.19. The Kier molecular flexibility index (Phi) is 7.57. The fourth-order valence-corrected chi connectivity index (χ4v) is 2.05. The first kappa shape index (κ1) is 16.0. The van der Waals surface area contributed by atoms with Crippen LogP contribution in [0.15, 0.2) is 22.7 Å². The lowest BCUT2D eigenvalue weighted by molar-refractivity contribution is 0.159. The number of benzene rings is 1. The Labute approximate surface area is 123 Å². The molecule has 1 atom stereocenters. The van der Waals surface area contributed by atoms with Gasteiger partial charge in [-0.1, -0.05) is 28.8 Å². The highest BCUT2D eigenvalue weighted by Crippen LogP contribution is 2.23. The minimum absolute atomic E-state index is 0.229. The van der Waals surface area contributed by atoms with Crippen molar-refractivity contribution in [3.8, 4) is 18.1 Å². The third-order valence-electron chi connectivity index (χ3n) is 2.77. The summed E-state index contributed by atoms with van der Waals surface area (Å²) in [6.45, 7) is 3.71. The Balaban J connectivity index is 2.51. The summed E-state index contributed by atoms with van der Waals surface area (Å²) in [5.74, 6) is 3.26. The van der Waals surface area contributed by atoms with Crippen LogP contribution in [0, 0.1) is 12.3 Å². The quantitative estimate of drug-likeness (QED) is 0.570. The molecule has 0 spiro atoms. The van der Waals surface area contributed by atoms with Crippen molar-refractivity contribution < 1.29 is 9.84 Å². The smallest absolute Gasteiger partial charge is 0.148 e. The van der Waals surface area contributed by atoms with E-state index in [4.69, 9.17) is 11.2 Å². The minimum Gasteiger partial charge on any atom is -0.481 e. The van der Waals surface area contributed by atoms with Gasteiger partial charge >= 0.3 is 0 Å². The van der Waals surface area contributed by atoms with Gasteiger partial charge in [-0.3, -0.25) is 0 Å². The molecule has 1 unspecified atom stereocenters. The number of terminal acetylenes is 1. The largest absolute Gasteiger partial charge is 0.481 e. The molecule has 0 radical (unpaired) electrons. The van der Waals surface area contributed by atoms with Crippen LogP contribution in [0.5, 0.6) is 5.75 Å². The predicted molar refractivity (Wildman–Crippen MR) is 81.1 cm³/mol. The van der Waals surface area contributed by atoms with E-state index in [1.54, 1.807) is 0 Å². The van der Waals surface area contributed by atoms with Crippen molar-refractivity contribution in [2.75, 3.05) is 13.2 Å². The molecule has 19 heavy (non-hydrogen) atoms. The van der Waals surface area contributed by atoms with E-state index in [2.05, 4.69) is 27.2 Å². The van der Waals surface area contributed by atoms with Crippen LogP contribution in [-0.4, -0.2) is 24.4 Å². The normalized spacial score (nSPS) is 11.9. The van der Waals surface area contributed by atoms with E-state index in [1.165, 1.54) is 0 Å². The van der Waals surface area contributed by atoms with Gasteiger partial charge in [0.15, 0.2) is 0 Å². The molecule has 0 aromatic heterocycles. The first-order chi connectivity index (χ1) is 9.17. The van der Waals surface area contributed by atoms with Crippen LogP contribution in [0.1, 0.15) is 25.3 Å². The molecule has 0 aliphatic rings. The van der Waals surface area contributed by atoms with Gasteiger partial charge in [-0.15, -0.1) is 6.42 Å². The van der Waals surface area contributed by atoms with Crippen molar-refractivity contribution in [2.45, 2.75) is 32.4 Å². The number of halogens is 1. The van der Waals surface area contributed by atoms with Crippen LogP contribution in [0.3, 0.4) is 0 Å². The molecule has 1 aromatic carbocycles. The second kappa shape index (κ2) is 8.98. The van der Waals surface area contributed by atoms with E-state index in [1.807, 2.05) is 25.1 Å². The van der Waals surface area contributed by atoms with Gasteiger partial charge in [0.1, 0.15) is 12.4 Å². The van der Waals surface area contributed by atoms with Gasteiger partial charge in [0.05, 0.1) is 6.10 Å². The molecular weight excluding hydrogens is 306 g/mol. The standard InChI is InChI=1S/C15H20BrNO2/c1-3-9-19-15-6-5-13(16)10-12(15)11-17-8-7-14(18)4-2/h1,5-6,10,14,17-18H,4,7-9,11H2,2H3. The summed E-state index contributed by atoms with van der Waals surface area (Å²) in [5, 5.41) is 12.8. The number of rotatable bonds is 8. The third kappa shape index (κ3) is 6.11. The molecule has 0 aliphatic carbocycles. The number of nitrogens with one attached hydrogen (secondary N) is 1. The second-order valence-electron chi connectivity index (χ2n) is 4.27. The number of aliphatic hydroxyl groups is 1. The Morgan fingerprint density at radius 3 is 3.00 bits per heavy atom. The van der Waals surface area contributed by atoms with Crippen molar-refractivity contribution in [3.05, 3.63) is 28.2 Å². The number of aliphatic hydroxyl groups excluding tert-OH is 1. The Morgan fingerprint density at radius 2 is 2.32 bits per heavy atom. The summed E-state index contributed by atoms with van der Waals surface area (Å²) in [6, 6.07) is 5.84. The highest BCUT2D eigenvalue weighted by Gasteiger charge is 2.05. The zero-order chi connectivity index (χ0) is 14.1. The van der Waals surface area contributed by atoms with Crippen LogP contribution >= 0.6 is 15.9 Å². The molecule has 0 fully saturated rings. The van der Waals surface area contributed by atoms with E-state index in [9.17, 15) is 5.11 Å². The molecule has 3 nitrogen and oxygen atoms in total. The molecule has 0 heterocycles. The van der Waals surface area contributed by atoms with E-state index in [0.29, 0.717) is 6.54 Å². The van der Waals surface area contributed by atoms with Crippen molar-refractivity contribution in [1.29, 1.82) is 0 Å². The lowest BCUT2D eigenvalue weighted by Gasteiger charge is -2.12. The number of hydrogen-bond acceptors (Lipinski definition) is 3. The third-order valence-corrected chi connectivity index (χ3v) is 3.27. The number of ether oxygens (including phenoxy) is 1. The van der Waals surface area contributed by atoms with Crippen LogP contribution in [-0.2, 0) is 6.54 Å². The topological polar surface area (TPSA) is 41.5 Å². The van der Waals surface area contributed by atoms with Crippen LogP contribution < -0.4 is 10.1 Å². The molecule has 0 amide bonds. The highest BCUT2D eigenvalue weighted by atomic mass is 79.9. The van der Waals surface area contributed by atoms with Crippen molar-refractivity contribution in [3.63, 3.8) is 0 Å². The summed E-state index contributed by atoms with van der Waals surface area (Å²) in [4.78, 5) is 0. The van der Waals surface area contributed by atoms with Crippen LogP contribution in [0.4, 0.5) is 0 Å². The first-order valence-electron chi connectivity index (χ1n) is 6.40. The molecular formula is C15H20BrNO2. The maximum absolute atomic E-state index is 9.48. The summed E-state index contributed by atoms with van der Waals surface area (Å²) >= 11 is 3.44. The Morgan fingerprint density at radius 1 is 1.53 bits per heavy atom. The molecule has 0 bridgehead atoms. The van der Waals surface area contributed by atoms with Gasteiger partial charge in [0.25, 0.3) is 0 Å². The van der Waals surface area contributed by atoms with Gasteiger partial charge in [-0.2, -0.15) is 0 Å².